The third kappa shape index (κ3) is 2.72. The lowest BCUT2D eigenvalue weighted by Gasteiger charge is -2.19. The van der Waals surface area contributed by atoms with Crippen LogP contribution in [0.3, 0.4) is 0 Å². The number of hydrogen-bond donors (Lipinski definition) is 1. The molecule has 0 bridgehead atoms. The Morgan fingerprint density at radius 3 is 2.85 bits per heavy atom. The molecule has 1 atom stereocenters. The number of nitrogens with one attached hydrogen (secondary N) is 1. The molecule has 2 amide bonds. The first-order valence-electron chi connectivity index (χ1n) is 4.63. The van der Waals surface area contributed by atoms with E-state index in [1.54, 1.807) is 11.9 Å². The van der Waals surface area contributed by atoms with Crippen molar-refractivity contribution in [1.29, 1.82) is 0 Å². The lowest BCUT2D eigenvalue weighted by Crippen LogP contribution is -2.45. The second-order valence-corrected chi connectivity index (χ2v) is 3.51. The number of carbonyl (C=O) groups is 2. The van der Waals surface area contributed by atoms with Crippen molar-refractivity contribution in [3.05, 3.63) is 0 Å². The molecule has 4 nitrogen and oxygen atoms in total. The largest absolute Gasteiger partial charge is 0.345 e. The predicted octanol–water partition coefficient (Wildman–Crippen LogP) is 0.133. The summed E-state index contributed by atoms with van der Waals surface area (Å²) in [5, 5.41) is 2.67. The SMILES string of the molecule is CC(=O)N[C@H]1CCCCN(C)C1=O. The van der Waals surface area contributed by atoms with E-state index in [1.165, 1.54) is 6.92 Å². The molecule has 0 radical (unpaired) electrons. The van der Waals surface area contributed by atoms with Gasteiger partial charge in [-0.1, -0.05) is 0 Å². The Morgan fingerprint density at radius 2 is 2.23 bits per heavy atom. The van der Waals surface area contributed by atoms with Gasteiger partial charge in [-0.25, -0.2) is 0 Å². The highest BCUT2D eigenvalue weighted by Crippen LogP contribution is 2.10. The maximum atomic E-state index is 11.6. The van der Waals surface area contributed by atoms with Crippen LogP contribution in [0.25, 0.3) is 0 Å². The third-order valence-electron chi connectivity index (χ3n) is 2.29. The Bertz CT molecular complexity index is 216. The summed E-state index contributed by atoms with van der Waals surface area (Å²) in [6.45, 7) is 2.24. The van der Waals surface area contributed by atoms with Crippen molar-refractivity contribution >= 4 is 11.8 Å². The lowest BCUT2D eigenvalue weighted by molar-refractivity contribution is -0.134. The first-order chi connectivity index (χ1) is 6.11. The van der Waals surface area contributed by atoms with Gasteiger partial charge >= 0.3 is 0 Å². The minimum atomic E-state index is -0.301. The maximum absolute atomic E-state index is 11.6. The summed E-state index contributed by atoms with van der Waals surface area (Å²) in [5.41, 5.74) is 0. The average molecular weight is 184 g/mol. The smallest absolute Gasteiger partial charge is 0.244 e. The molecule has 13 heavy (non-hydrogen) atoms. The number of rotatable bonds is 1. The maximum Gasteiger partial charge on any atom is 0.244 e. The van der Waals surface area contributed by atoms with Gasteiger partial charge in [-0.2, -0.15) is 0 Å². The van der Waals surface area contributed by atoms with Gasteiger partial charge in [-0.15, -0.1) is 0 Å². The quantitative estimate of drug-likeness (QED) is 0.630. The molecule has 0 spiro atoms. The van der Waals surface area contributed by atoms with Crippen LogP contribution in [-0.2, 0) is 9.59 Å². The van der Waals surface area contributed by atoms with E-state index in [0.29, 0.717) is 0 Å². The van der Waals surface area contributed by atoms with E-state index in [0.717, 1.165) is 25.8 Å². The number of amides is 2. The Hall–Kier alpha value is -1.06. The molecule has 1 heterocycles. The summed E-state index contributed by atoms with van der Waals surface area (Å²) in [6.07, 6.45) is 2.79. The molecule has 0 saturated carbocycles. The van der Waals surface area contributed by atoms with Crippen molar-refractivity contribution in [3.8, 4) is 0 Å². The van der Waals surface area contributed by atoms with Gasteiger partial charge in [0.05, 0.1) is 0 Å². The molecule has 1 aliphatic heterocycles. The van der Waals surface area contributed by atoms with Gasteiger partial charge in [-0.05, 0) is 19.3 Å². The summed E-state index contributed by atoms with van der Waals surface area (Å²) in [7, 11) is 1.78. The first kappa shape index (κ1) is 10.0. The lowest BCUT2D eigenvalue weighted by atomic mass is 10.1. The molecule has 1 rings (SSSR count). The van der Waals surface area contributed by atoms with Crippen LogP contribution in [0.2, 0.25) is 0 Å². The number of likely N-dealkylation sites (N-methyl/N-ethyl adjacent to an activating group) is 1. The first-order valence-corrected chi connectivity index (χ1v) is 4.63. The molecular weight excluding hydrogens is 168 g/mol. The van der Waals surface area contributed by atoms with Gasteiger partial charge < -0.3 is 10.2 Å². The molecule has 0 aromatic heterocycles. The summed E-state index contributed by atoms with van der Waals surface area (Å²) in [5.74, 6) is -0.0960. The van der Waals surface area contributed by atoms with Crippen molar-refractivity contribution in [2.45, 2.75) is 32.2 Å². The average Bonchev–Trinajstić information content (AvgIpc) is 2.19. The van der Waals surface area contributed by atoms with Crippen LogP contribution in [0.1, 0.15) is 26.2 Å². The summed E-state index contributed by atoms with van der Waals surface area (Å²) in [6, 6.07) is -0.301. The minimum Gasteiger partial charge on any atom is -0.345 e. The van der Waals surface area contributed by atoms with Crippen LogP contribution >= 0.6 is 0 Å². The second kappa shape index (κ2) is 4.25. The predicted molar refractivity (Wildman–Crippen MR) is 49.1 cm³/mol. The van der Waals surface area contributed by atoms with E-state index < -0.39 is 0 Å². The van der Waals surface area contributed by atoms with Crippen molar-refractivity contribution in [2.24, 2.45) is 0 Å². The fraction of sp³-hybridized carbons (Fsp3) is 0.778. The standard InChI is InChI=1S/C9H16N2O2/c1-7(12)10-8-5-3-4-6-11(2)9(8)13/h8H,3-6H2,1-2H3,(H,10,12)/t8-/m0/s1. The topological polar surface area (TPSA) is 49.4 Å². The van der Waals surface area contributed by atoms with Crippen molar-refractivity contribution in [2.75, 3.05) is 13.6 Å². The van der Waals surface area contributed by atoms with Crippen LogP contribution in [0.4, 0.5) is 0 Å². The zero-order valence-electron chi connectivity index (χ0n) is 8.17. The molecule has 74 valence electrons. The molecule has 4 heteroatoms. The molecule has 1 N–H and O–H groups in total. The highest BCUT2D eigenvalue weighted by molar-refractivity contribution is 5.86. The number of likely N-dealkylation sites (tertiary alicyclic amines) is 1. The molecular formula is C9H16N2O2. The van der Waals surface area contributed by atoms with E-state index in [-0.39, 0.29) is 17.9 Å². The number of carbonyl (C=O) groups excluding carboxylic acids is 2. The molecule has 1 saturated heterocycles. The van der Waals surface area contributed by atoms with Crippen LogP contribution in [0, 0.1) is 0 Å². The molecule has 0 unspecified atom stereocenters. The summed E-state index contributed by atoms with van der Waals surface area (Å²) < 4.78 is 0. The Labute approximate surface area is 78.3 Å². The Kier molecular flexibility index (Phi) is 3.28. The summed E-state index contributed by atoms with van der Waals surface area (Å²) in [4.78, 5) is 24.1. The van der Waals surface area contributed by atoms with Gasteiger partial charge in [0.15, 0.2) is 0 Å². The van der Waals surface area contributed by atoms with Crippen LogP contribution < -0.4 is 5.32 Å². The third-order valence-corrected chi connectivity index (χ3v) is 2.29. The fourth-order valence-electron chi connectivity index (χ4n) is 1.58. The molecule has 0 aliphatic carbocycles. The van der Waals surface area contributed by atoms with Gasteiger partial charge in [-0.3, -0.25) is 9.59 Å². The molecule has 1 aliphatic rings. The zero-order chi connectivity index (χ0) is 9.84. The molecule has 0 aromatic carbocycles. The zero-order valence-corrected chi connectivity index (χ0v) is 8.17. The van der Waals surface area contributed by atoms with E-state index >= 15 is 0 Å². The highest BCUT2D eigenvalue weighted by Gasteiger charge is 2.24. The Balaban J connectivity index is 2.59. The van der Waals surface area contributed by atoms with Crippen LogP contribution in [0.5, 0.6) is 0 Å². The Morgan fingerprint density at radius 1 is 1.54 bits per heavy atom. The van der Waals surface area contributed by atoms with Crippen molar-refractivity contribution < 1.29 is 9.59 Å². The monoisotopic (exact) mass is 184 g/mol. The van der Waals surface area contributed by atoms with E-state index in [1.807, 2.05) is 0 Å². The van der Waals surface area contributed by atoms with Crippen molar-refractivity contribution in [1.82, 2.24) is 10.2 Å². The summed E-state index contributed by atoms with van der Waals surface area (Å²) >= 11 is 0. The van der Waals surface area contributed by atoms with Crippen LogP contribution in [0.15, 0.2) is 0 Å². The minimum absolute atomic E-state index is 0.0349. The highest BCUT2D eigenvalue weighted by atomic mass is 16.2. The number of hydrogen-bond acceptors (Lipinski definition) is 2. The van der Waals surface area contributed by atoms with Crippen molar-refractivity contribution in [3.63, 3.8) is 0 Å². The van der Waals surface area contributed by atoms with E-state index in [4.69, 9.17) is 0 Å². The fourth-order valence-corrected chi connectivity index (χ4v) is 1.58. The molecule has 0 aromatic rings. The van der Waals surface area contributed by atoms with E-state index in [9.17, 15) is 9.59 Å². The van der Waals surface area contributed by atoms with E-state index in [2.05, 4.69) is 5.32 Å². The van der Waals surface area contributed by atoms with Gasteiger partial charge in [0.1, 0.15) is 6.04 Å². The van der Waals surface area contributed by atoms with Crippen LogP contribution in [-0.4, -0.2) is 36.3 Å². The van der Waals surface area contributed by atoms with Gasteiger partial charge in [0.25, 0.3) is 0 Å². The second-order valence-electron chi connectivity index (χ2n) is 3.51. The van der Waals surface area contributed by atoms with Gasteiger partial charge in [0, 0.05) is 20.5 Å². The normalized spacial score (nSPS) is 24.0. The molecule has 1 fully saturated rings. The number of nitrogens with zero attached hydrogens (tertiary/aromatic N) is 1. The van der Waals surface area contributed by atoms with Gasteiger partial charge in [0.2, 0.25) is 11.8 Å².